The Balaban J connectivity index is 2.19. The van der Waals surface area contributed by atoms with Gasteiger partial charge in [0.05, 0.1) is 5.75 Å². The minimum atomic E-state index is -3.69. The van der Waals surface area contributed by atoms with E-state index in [-0.39, 0.29) is 22.5 Å². The zero-order valence-electron chi connectivity index (χ0n) is 14.6. The van der Waals surface area contributed by atoms with Crippen LogP contribution in [-0.2, 0) is 20.5 Å². The zero-order valence-corrected chi connectivity index (χ0v) is 17.8. The van der Waals surface area contributed by atoms with Gasteiger partial charge in [0.15, 0.2) is 10.7 Å². The van der Waals surface area contributed by atoms with Crippen LogP contribution in [0.25, 0.3) is 0 Å². The van der Waals surface area contributed by atoms with Crippen molar-refractivity contribution in [3.05, 3.63) is 64.1 Å². The number of carbonyl (C=O) groups is 1. The standard InChI is InChI=1S/C18H17BrN2O4S2/c1-3-27(23,24)25-15-9-5-7-13(11-15)18(12-6-4-8-14(19)10-12)16(22)21(2)17(26)20-18/h4-11H,3H2,1-2H3,(H,20,26). The number of halogens is 1. The van der Waals surface area contributed by atoms with Gasteiger partial charge in [-0.3, -0.25) is 9.69 Å². The molecule has 0 aromatic heterocycles. The molecule has 1 amide bonds. The van der Waals surface area contributed by atoms with Crippen LogP contribution in [0.5, 0.6) is 5.75 Å². The summed E-state index contributed by atoms with van der Waals surface area (Å²) in [7, 11) is -2.09. The fraction of sp³-hybridized carbons (Fsp3) is 0.222. The topological polar surface area (TPSA) is 75.7 Å². The molecular formula is C18H17BrN2O4S2. The van der Waals surface area contributed by atoms with E-state index in [1.54, 1.807) is 25.2 Å². The van der Waals surface area contributed by atoms with Gasteiger partial charge in [0, 0.05) is 11.5 Å². The molecule has 0 aliphatic carbocycles. The van der Waals surface area contributed by atoms with Crippen LogP contribution in [-0.4, -0.2) is 37.1 Å². The molecule has 27 heavy (non-hydrogen) atoms. The van der Waals surface area contributed by atoms with Gasteiger partial charge in [0.25, 0.3) is 5.91 Å². The first-order chi connectivity index (χ1) is 12.7. The van der Waals surface area contributed by atoms with E-state index in [4.69, 9.17) is 16.4 Å². The van der Waals surface area contributed by atoms with Crippen molar-refractivity contribution in [2.75, 3.05) is 12.8 Å². The Kier molecular flexibility index (Phi) is 5.29. The van der Waals surface area contributed by atoms with Crippen LogP contribution in [0.2, 0.25) is 0 Å². The van der Waals surface area contributed by atoms with Crippen molar-refractivity contribution in [1.82, 2.24) is 10.2 Å². The van der Waals surface area contributed by atoms with Gasteiger partial charge < -0.3 is 9.50 Å². The third kappa shape index (κ3) is 3.59. The Bertz CT molecular complexity index is 1030. The van der Waals surface area contributed by atoms with Crippen LogP contribution in [0.1, 0.15) is 18.1 Å². The van der Waals surface area contributed by atoms with Crippen LogP contribution < -0.4 is 9.50 Å². The molecule has 1 saturated heterocycles. The summed E-state index contributed by atoms with van der Waals surface area (Å²) in [5.74, 6) is -0.280. The molecule has 0 spiro atoms. The van der Waals surface area contributed by atoms with E-state index >= 15 is 0 Å². The fourth-order valence-corrected chi connectivity index (χ4v) is 4.06. The molecule has 1 aliphatic rings. The number of rotatable bonds is 5. The zero-order chi connectivity index (χ0) is 19.8. The fourth-order valence-electron chi connectivity index (χ4n) is 2.91. The van der Waals surface area contributed by atoms with Crippen LogP contribution in [0, 0.1) is 0 Å². The number of amides is 1. The minimum absolute atomic E-state index is 0.138. The maximum atomic E-state index is 13.2. The number of likely N-dealkylation sites (N-methyl/N-ethyl adjacent to an activating group) is 1. The van der Waals surface area contributed by atoms with E-state index in [9.17, 15) is 13.2 Å². The molecule has 1 atom stereocenters. The molecule has 2 aromatic carbocycles. The van der Waals surface area contributed by atoms with Gasteiger partial charge in [-0.1, -0.05) is 40.2 Å². The number of nitrogens with one attached hydrogen (secondary N) is 1. The molecule has 1 heterocycles. The van der Waals surface area contributed by atoms with E-state index in [0.29, 0.717) is 11.1 Å². The molecule has 1 N–H and O–H groups in total. The van der Waals surface area contributed by atoms with E-state index < -0.39 is 15.7 Å². The van der Waals surface area contributed by atoms with Gasteiger partial charge >= 0.3 is 10.1 Å². The van der Waals surface area contributed by atoms with E-state index in [0.717, 1.165) is 4.47 Å². The normalized spacial score (nSPS) is 19.9. The van der Waals surface area contributed by atoms with Gasteiger partial charge in [-0.05, 0) is 54.5 Å². The molecule has 3 rings (SSSR count). The van der Waals surface area contributed by atoms with E-state index in [1.807, 2.05) is 24.3 Å². The molecule has 0 saturated carbocycles. The molecule has 6 nitrogen and oxygen atoms in total. The summed E-state index contributed by atoms with van der Waals surface area (Å²) >= 11 is 8.73. The molecule has 1 unspecified atom stereocenters. The highest BCUT2D eigenvalue weighted by Gasteiger charge is 2.51. The van der Waals surface area contributed by atoms with Gasteiger partial charge in [-0.15, -0.1) is 0 Å². The Labute approximate surface area is 171 Å². The maximum Gasteiger partial charge on any atom is 0.308 e. The number of carbonyl (C=O) groups excluding carboxylic acids is 1. The number of nitrogens with zero attached hydrogens (tertiary/aromatic N) is 1. The Hall–Kier alpha value is -1.97. The van der Waals surface area contributed by atoms with Crippen LogP contribution >= 0.6 is 28.1 Å². The molecule has 1 aliphatic heterocycles. The third-order valence-corrected chi connectivity index (χ3v) is 6.35. The Morgan fingerprint density at radius 2 is 1.81 bits per heavy atom. The lowest BCUT2D eigenvalue weighted by Gasteiger charge is -2.28. The van der Waals surface area contributed by atoms with Crippen LogP contribution in [0.4, 0.5) is 0 Å². The van der Waals surface area contributed by atoms with Crippen LogP contribution in [0.15, 0.2) is 53.0 Å². The predicted molar refractivity (Wildman–Crippen MR) is 110 cm³/mol. The lowest BCUT2D eigenvalue weighted by molar-refractivity contribution is -0.129. The summed E-state index contributed by atoms with van der Waals surface area (Å²) in [4.78, 5) is 14.6. The van der Waals surface area contributed by atoms with E-state index in [1.165, 1.54) is 17.9 Å². The second kappa shape index (κ2) is 7.21. The lowest BCUT2D eigenvalue weighted by atomic mass is 9.82. The molecule has 142 valence electrons. The van der Waals surface area contributed by atoms with E-state index in [2.05, 4.69) is 21.2 Å². The molecule has 2 aromatic rings. The highest BCUT2D eigenvalue weighted by Crippen LogP contribution is 2.38. The average molecular weight is 469 g/mol. The smallest absolute Gasteiger partial charge is 0.308 e. The van der Waals surface area contributed by atoms with Crippen molar-refractivity contribution in [2.24, 2.45) is 0 Å². The number of hydrogen-bond donors (Lipinski definition) is 1. The second-order valence-electron chi connectivity index (χ2n) is 6.01. The second-order valence-corrected chi connectivity index (χ2v) is 9.17. The summed E-state index contributed by atoms with van der Waals surface area (Å²) in [5.41, 5.74) is -0.0736. The molecule has 0 bridgehead atoms. The number of thiocarbonyl (C=S) groups is 1. The largest absolute Gasteiger partial charge is 0.382 e. The first-order valence-electron chi connectivity index (χ1n) is 8.08. The van der Waals surface area contributed by atoms with Gasteiger partial charge in [-0.2, -0.15) is 8.42 Å². The van der Waals surface area contributed by atoms with Gasteiger partial charge in [0.2, 0.25) is 0 Å². The quantitative estimate of drug-likeness (QED) is 0.536. The SMILES string of the molecule is CCS(=O)(=O)Oc1cccc(C2(c3cccc(Br)c3)NC(=S)N(C)C2=O)c1. The van der Waals surface area contributed by atoms with Gasteiger partial charge in [0.1, 0.15) is 5.75 Å². The Morgan fingerprint density at radius 1 is 1.19 bits per heavy atom. The summed E-state index contributed by atoms with van der Waals surface area (Å²) in [6, 6.07) is 13.8. The van der Waals surface area contributed by atoms with Crippen molar-refractivity contribution < 1.29 is 17.4 Å². The predicted octanol–water partition coefficient (Wildman–Crippen LogP) is 2.77. The summed E-state index contributed by atoms with van der Waals surface area (Å²) in [6.07, 6.45) is 0. The molecule has 1 fully saturated rings. The van der Waals surface area contributed by atoms with Crippen molar-refractivity contribution in [3.63, 3.8) is 0 Å². The highest BCUT2D eigenvalue weighted by atomic mass is 79.9. The van der Waals surface area contributed by atoms with Crippen molar-refractivity contribution in [1.29, 1.82) is 0 Å². The van der Waals surface area contributed by atoms with Crippen molar-refractivity contribution >= 4 is 49.3 Å². The number of hydrogen-bond acceptors (Lipinski definition) is 5. The molecular weight excluding hydrogens is 452 g/mol. The lowest BCUT2D eigenvalue weighted by Crippen LogP contribution is -2.45. The molecule has 9 heteroatoms. The first kappa shape index (κ1) is 19.8. The summed E-state index contributed by atoms with van der Waals surface area (Å²) in [5, 5.41) is 3.40. The summed E-state index contributed by atoms with van der Waals surface area (Å²) in [6.45, 7) is 1.50. The molecule has 0 radical (unpaired) electrons. The Morgan fingerprint density at radius 3 is 2.37 bits per heavy atom. The average Bonchev–Trinajstić information content (AvgIpc) is 2.87. The maximum absolute atomic E-state index is 13.2. The number of benzene rings is 2. The first-order valence-corrected chi connectivity index (χ1v) is 10.9. The monoisotopic (exact) mass is 468 g/mol. The highest BCUT2D eigenvalue weighted by molar-refractivity contribution is 9.10. The summed E-state index contributed by atoms with van der Waals surface area (Å²) < 4.78 is 29.6. The van der Waals surface area contributed by atoms with Crippen molar-refractivity contribution in [3.8, 4) is 5.75 Å². The van der Waals surface area contributed by atoms with Crippen LogP contribution in [0.3, 0.4) is 0 Å². The van der Waals surface area contributed by atoms with Crippen molar-refractivity contribution in [2.45, 2.75) is 12.5 Å². The van der Waals surface area contributed by atoms with Gasteiger partial charge in [-0.25, -0.2) is 0 Å². The minimum Gasteiger partial charge on any atom is -0.382 e. The third-order valence-electron chi connectivity index (χ3n) is 4.33.